The minimum atomic E-state index is -0.992. The molecule has 0 spiro atoms. The minimum Gasteiger partial charge on any atom is -0.324 e. The summed E-state index contributed by atoms with van der Waals surface area (Å²) in [5, 5.41) is 11.4. The molecule has 10 heteroatoms. The van der Waals surface area contributed by atoms with Gasteiger partial charge in [-0.3, -0.25) is 19.4 Å². The van der Waals surface area contributed by atoms with Crippen molar-refractivity contribution >= 4 is 45.0 Å². The molecule has 1 saturated heterocycles. The summed E-state index contributed by atoms with van der Waals surface area (Å²) in [5.41, 5.74) is 0.695. The molecule has 2 atom stereocenters. The standard InChI is InChI=1S/C18H13BrFN5O3/c19-10-3-1-6-13(7-10)25-17(27)15-16(18(25)28)24(23-22-15)9-14(26)21-12-5-2-4-11(20)8-12/h1-8,15-16H,9H2,(H,21,26)/t15-,16-/m0/s1. The Labute approximate surface area is 167 Å². The Balaban J connectivity index is 1.49. The van der Waals surface area contributed by atoms with Crippen LogP contribution < -0.4 is 10.2 Å². The van der Waals surface area contributed by atoms with E-state index in [2.05, 4.69) is 31.6 Å². The highest BCUT2D eigenvalue weighted by molar-refractivity contribution is 9.10. The van der Waals surface area contributed by atoms with Crippen LogP contribution in [0.5, 0.6) is 0 Å². The summed E-state index contributed by atoms with van der Waals surface area (Å²) < 4.78 is 14.0. The highest BCUT2D eigenvalue weighted by Crippen LogP contribution is 2.32. The normalized spacial score (nSPS) is 20.6. The SMILES string of the molecule is O=C(CN1N=N[C@@H]2C(=O)N(c3cccc(Br)c3)C(=O)[C@H]21)Nc1cccc(F)c1. The number of halogens is 2. The lowest BCUT2D eigenvalue weighted by Gasteiger charge is -2.20. The van der Waals surface area contributed by atoms with Crippen molar-refractivity contribution in [2.75, 3.05) is 16.8 Å². The third-order valence-electron chi connectivity index (χ3n) is 4.34. The van der Waals surface area contributed by atoms with Crippen LogP contribution in [0.4, 0.5) is 15.8 Å². The van der Waals surface area contributed by atoms with Gasteiger partial charge < -0.3 is 5.32 Å². The van der Waals surface area contributed by atoms with E-state index in [1.54, 1.807) is 24.3 Å². The van der Waals surface area contributed by atoms with Gasteiger partial charge in [0.2, 0.25) is 5.91 Å². The Hall–Kier alpha value is -3.14. The van der Waals surface area contributed by atoms with Crippen molar-refractivity contribution in [1.82, 2.24) is 5.01 Å². The fourth-order valence-corrected chi connectivity index (χ4v) is 3.52. The molecule has 0 bridgehead atoms. The number of nitrogens with one attached hydrogen (secondary N) is 1. The maximum atomic E-state index is 13.2. The van der Waals surface area contributed by atoms with Crippen molar-refractivity contribution in [2.45, 2.75) is 12.1 Å². The van der Waals surface area contributed by atoms with Crippen LogP contribution in [-0.4, -0.2) is 41.4 Å². The molecule has 28 heavy (non-hydrogen) atoms. The van der Waals surface area contributed by atoms with Gasteiger partial charge in [0, 0.05) is 10.2 Å². The molecular weight excluding hydrogens is 433 g/mol. The molecule has 2 aromatic carbocycles. The molecule has 4 rings (SSSR count). The number of hydrogen-bond acceptors (Lipinski definition) is 6. The Morgan fingerprint density at radius 3 is 2.68 bits per heavy atom. The molecule has 0 unspecified atom stereocenters. The highest BCUT2D eigenvalue weighted by atomic mass is 79.9. The Morgan fingerprint density at radius 2 is 1.93 bits per heavy atom. The molecule has 0 aromatic heterocycles. The first-order chi connectivity index (χ1) is 13.4. The van der Waals surface area contributed by atoms with E-state index in [0.717, 1.165) is 9.37 Å². The van der Waals surface area contributed by atoms with Gasteiger partial charge in [-0.05, 0) is 36.4 Å². The summed E-state index contributed by atoms with van der Waals surface area (Å²) in [4.78, 5) is 38.8. The summed E-state index contributed by atoms with van der Waals surface area (Å²) in [6.45, 7) is -0.299. The zero-order valence-corrected chi connectivity index (χ0v) is 15.8. The monoisotopic (exact) mass is 445 g/mol. The fraction of sp³-hybridized carbons (Fsp3) is 0.167. The van der Waals surface area contributed by atoms with Gasteiger partial charge in [-0.15, -0.1) is 0 Å². The maximum absolute atomic E-state index is 13.2. The second kappa shape index (κ2) is 7.12. The smallest absolute Gasteiger partial charge is 0.263 e. The Morgan fingerprint density at radius 1 is 1.14 bits per heavy atom. The van der Waals surface area contributed by atoms with Gasteiger partial charge in [0.1, 0.15) is 12.4 Å². The van der Waals surface area contributed by atoms with Gasteiger partial charge in [-0.1, -0.05) is 33.3 Å². The number of amides is 3. The molecule has 0 radical (unpaired) electrons. The second-order valence-electron chi connectivity index (χ2n) is 6.24. The number of nitrogens with zero attached hydrogens (tertiary/aromatic N) is 4. The van der Waals surface area contributed by atoms with Gasteiger partial charge in [-0.2, -0.15) is 5.11 Å². The van der Waals surface area contributed by atoms with Crippen molar-refractivity contribution in [3.05, 3.63) is 58.8 Å². The van der Waals surface area contributed by atoms with Crippen molar-refractivity contribution in [1.29, 1.82) is 0 Å². The minimum absolute atomic E-state index is 0.280. The van der Waals surface area contributed by atoms with Gasteiger partial charge >= 0.3 is 0 Å². The zero-order chi connectivity index (χ0) is 19.8. The fourth-order valence-electron chi connectivity index (χ4n) is 3.14. The lowest BCUT2D eigenvalue weighted by atomic mass is 10.1. The quantitative estimate of drug-likeness (QED) is 0.731. The summed E-state index contributed by atoms with van der Waals surface area (Å²) in [5.74, 6) is -1.99. The molecule has 2 aromatic rings. The lowest BCUT2D eigenvalue weighted by molar-refractivity contribution is -0.123. The van der Waals surface area contributed by atoms with E-state index in [4.69, 9.17) is 0 Å². The van der Waals surface area contributed by atoms with E-state index in [9.17, 15) is 18.8 Å². The van der Waals surface area contributed by atoms with Gasteiger partial charge in [-0.25, -0.2) is 9.29 Å². The predicted molar refractivity (Wildman–Crippen MR) is 101 cm³/mol. The molecule has 0 aliphatic carbocycles. The van der Waals surface area contributed by atoms with Gasteiger partial charge in [0.25, 0.3) is 11.8 Å². The van der Waals surface area contributed by atoms with Crippen molar-refractivity contribution in [3.63, 3.8) is 0 Å². The van der Waals surface area contributed by atoms with Crippen LogP contribution in [0.2, 0.25) is 0 Å². The predicted octanol–water partition coefficient (Wildman–Crippen LogP) is 2.52. The lowest BCUT2D eigenvalue weighted by Crippen LogP contribution is -2.43. The average Bonchev–Trinajstić information content (AvgIpc) is 3.15. The number of carbonyl (C=O) groups is 3. The van der Waals surface area contributed by atoms with Gasteiger partial charge in [0.15, 0.2) is 12.1 Å². The summed E-state index contributed by atoms with van der Waals surface area (Å²) in [6, 6.07) is 10.2. The number of fused-ring (bicyclic) bond motifs is 1. The second-order valence-corrected chi connectivity index (χ2v) is 7.16. The van der Waals surface area contributed by atoms with E-state index >= 15 is 0 Å². The van der Waals surface area contributed by atoms with E-state index < -0.39 is 35.6 Å². The summed E-state index contributed by atoms with van der Waals surface area (Å²) >= 11 is 3.31. The zero-order valence-electron chi connectivity index (χ0n) is 14.3. The number of rotatable bonds is 4. The van der Waals surface area contributed by atoms with Crippen LogP contribution in [0.15, 0.2) is 63.3 Å². The molecule has 142 valence electrons. The number of carbonyl (C=O) groups excluding carboxylic acids is 3. The van der Waals surface area contributed by atoms with Gasteiger partial charge in [0.05, 0.1) is 5.69 Å². The van der Waals surface area contributed by atoms with E-state index in [1.165, 1.54) is 29.3 Å². The summed E-state index contributed by atoms with van der Waals surface area (Å²) in [7, 11) is 0. The molecule has 2 aliphatic rings. The topological polar surface area (TPSA) is 94.4 Å². The molecule has 2 aliphatic heterocycles. The van der Waals surface area contributed by atoms with Crippen LogP contribution in [0.3, 0.4) is 0 Å². The molecular formula is C18H13BrFN5O3. The van der Waals surface area contributed by atoms with E-state index in [-0.39, 0.29) is 12.2 Å². The summed E-state index contributed by atoms with van der Waals surface area (Å²) in [6.07, 6.45) is 0. The first-order valence-corrected chi connectivity index (χ1v) is 9.09. The number of imide groups is 1. The molecule has 3 amide bonds. The molecule has 1 N–H and O–H groups in total. The maximum Gasteiger partial charge on any atom is 0.263 e. The third-order valence-corrected chi connectivity index (χ3v) is 4.83. The van der Waals surface area contributed by atoms with Crippen LogP contribution in [-0.2, 0) is 14.4 Å². The van der Waals surface area contributed by atoms with E-state index in [1.807, 2.05) is 0 Å². The largest absolute Gasteiger partial charge is 0.324 e. The van der Waals surface area contributed by atoms with Crippen molar-refractivity contribution in [3.8, 4) is 0 Å². The van der Waals surface area contributed by atoms with Crippen LogP contribution in [0, 0.1) is 5.82 Å². The number of anilines is 2. The van der Waals surface area contributed by atoms with Crippen molar-refractivity contribution in [2.24, 2.45) is 10.3 Å². The molecule has 8 nitrogen and oxygen atoms in total. The van der Waals surface area contributed by atoms with Crippen LogP contribution in [0.1, 0.15) is 0 Å². The number of hydrogen-bond donors (Lipinski definition) is 1. The third kappa shape index (κ3) is 3.26. The highest BCUT2D eigenvalue weighted by Gasteiger charge is 2.55. The average molecular weight is 446 g/mol. The van der Waals surface area contributed by atoms with E-state index in [0.29, 0.717) is 5.69 Å². The number of benzene rings is 2. The first-order valence-electron chi connectivity index (χ1n) is 8.30. The van der Waals surface area contributed by atoms with Crippen LogP contribution in [0.25, 0.3) is 0 Å². The first kappa shape index (κ1) is 18.2. The Bertz CT molecular complexity index is 1010. The van der Waals surface area contributed by atoms with Crippen LogP contribution >= 0.6 is 15.9 Å². The molecule has 0 saturated carbocycles. The molecule has 1 fully saturated rings. The molecule has 2 heterocycles. The van der Waals surface area contributed by atoms with Crippen molar-refractivity contribution < 1.29 is 18.8 Å². The Kier molecular flexibility index (Phi) is 4.63.